The van der Waals surface area contributed by atoms with Crippen LogP contribution in [0.4, 0.5) is 5.69 Å². The molecule has 0 saturated carbocycles. The highest BCUT2D eigenvalue weighted by Crippen LogP contribution is 2.31. The number of methoxy groups -OCH3 is 1. The SMILES string of the molecule is CCCC(COC)NS(=O)(=O)c1c(Cl)cc(N)cc1Cl. The summed E-state index contributed by atoms with van der Waals surface area (Å²) in [4.78, 5) is -0.160. The summed E-state index contributed by atoms with van der Waals surface area (Å²) in [7, 11) is -2.32. The van der Waals surface area contributed by atoms with Crippen LogP contribution in [0.2, 0.25) is 10.0 Å². The van der Waals surface area contributed by atoms with Crippen molar-refractivity contribution < 1.29 is 13.2 Å². The molecule has 5 nitrogen and oxygen atoms in total. The molecule has 0 spiro atoms. The summed E-state index contributed by atoms with van der Waals surface area (Å²) in [6.45, 7) is 2.23. The minimum Gasteiger partial charge on any atom is -0.399 e. The van der Waals surface area contributed by atoms with E-state index in [1.165, 1.54) is 19.2 Å². The Kier molecular flexibility index (Phi) is 6.54. The third-order valence-electron chi connectivity index (χ3n) is 2.62. The van der Waals surface area contributed by atoms with Crippen molar-refractivity contribution in [1.29, 1.82) is 0 Å². The van der Waals surface area contributed by atoms with Crippen LogP contribution < -0.4 is 10.5 Å². The quantitative estimate of drug-likeness (QED) is 0.747. The number of hydrogen-bond donors (Lipinski definition) is 2. The van der Waals surface area contributed by atoms with Crippen molar-refractivity contribution in [2.45, 2.75) is 30.7 Å². The molecule has 1 rings (SSSR count). The minimum atomic E-state index is -3.83. The standard InChI is InChI=1S/C12H18Cl2N2O3S/c1-3-4-9(7-19-2)16-20(17,18)12-10(13)5-8(15)6-11(12)14/h5-6,9,16H,3-4,7,15H2,1-2H3. The Morgan fingerprint density at radius 3 is 2.35 bits per heavy atom. The van der Waals surface area contributed by atoms with Crippen molar-refractivity contribution in [1.82, 2.24) is 4.72 Å². The number of sulfonamides is 1. The number of nitrogen functional groups attached to an aromatic ring is 1. The predicted octanol–water partition coefficient (Wildman–Crippen LogP) is 2.67. The first-order chi connectivity index (χ1) is 9.31. The second-order valence-corrected chi connectivity index (χ2v) is 6.84. The first-order valence-electron chi connectivity index (χ1n) is 6.07. The van der Waals surface area contributed by atoms with Gasteiger partial charge in [-0.1, -0.05) is 36.5 Å². The van der Waals surface area contributed by atoms with Gasteiger partial charge >= 0.3 is 0 Å². The van der Waals surface area contributed by atoms with Gasteiger partial charge < -0.3 is 10.5 Å². The van der Waals surface area contributed by atoms with Gasteiger partial charge in [0.15, 0.2) is 0 Å². The van der Waals surface area contributed by atoms with Gasteiger partial charge in [-0.3, -0.25) is 0 Å². The monoisotopic (exact) mass is 340 g/mol. The molecule has 1 aromatic rings. The fourth-order valence-electron chi connectivity index (χ4n) is 1.84. The Hall–Kier alpha value is -0.530. The van der Waals surface area contributed by atoms with Crippen molar-refractivity contribution >= 4 is 38.9 Å². The lowest BCUT2D eigenvalue weighted by molar-refractivity contribution is 0.171. The third kappa shape index (κ3) is 4.49. The van der Waals surface area contributed by atoms with E-state index in [9.17, 15) is 8.42 Å². The summed E-state index contributed by atoms with van der Waals surface area (Å²) >= 11 is 11.9. The summed E-state index contributed by atoms with van der Waals surface area (Å²) in [5.74, 6) is 0. The largest absolute Gasteiger partial charge is 0.399 e. The Bertz CT molecular complexity index is 535. The molecular weight excluding hydrogens is 323 g/mol. The lowest BCUT2D eigenvalue weighted by Crippen LogP contribution is -2.38. The van der Waals surface area contributed by atoms with E-state index in [1.807, 2.05) is 6.92 Å². The van der Waals surface area contributed by atoms with Gasteiger partial charge in [0.25, 0.3) is 0 Å². The fourth-order valence-corrected chi connectivity index (χ4v) is 4.33. The molecule has 0 aliphatic heterocycles. The maximum Gasteiger partial charge on any atom is 0.243 e. The summed E-state index contributed by atoms with van der Waals surface area (Å²) < 4.78 is 32.3. The highest BCUT2D eigenvalue weighted by Gasteiger charge is 2.25. The van der Waals surface area contributed by atoms with Gasteiger partial charge in [0.1, 0.15) is 4.90 Å². The van der Waals surface area contributed by atoms with Gasteiger partial charge in [-0.15, -0.1) is 0 Å². The van der Waals surface area contributed by atoms with Crippen LogP contribution in [-0.4, -0.2) is 28.2 Å². The molecule has 0 radical (unpaired) electrons. The third-order valence-corrected chi connectivity index (χ3v) is 5.06. The van der Waals surface area contributed by atoms with Crippen LogP contribution in [0, 0.1) is 0 Å². The number of halogens is 2. The van der Waals surface area contributed by atoms with Crippen molar-refractivity contribution in [3.05, 3.63) is 22.2 Å². The molecule has 0 aromatic heterocycles. The summed E-state index contributed by atoms with van der Waals surface area (Å²) in [5.41, 5.74) is 5.87. The first-order valence-corrected chi connectivity index (χ1v) is 8.31. The highest BCUT2D eigenvalue weighted by atomic mass is 35.5. The van der Waals surface area contributed by atoms with Crippen LogP contribution in [0.5, 0.6) is 0 Å². The van der Waals surface area contributed by atoms with E-state index in [1.54, 1.807) is 0 Å². The van der Waals surface area contributed by atoms with Crippen LogP contribution in [-0.2, 0) is 14.8 Å². The van der Waals surface area contributed by atoms with E-state index in [4.69, 9.17) is 33.7 Å². The maximum absolute atomic E-state index is 12.4. The molecule has 0 amide bonds. The van der Waals surface area contributed by atoms with E-state index in [2.05, 4.69) is 4.72 Å². The summed E-state index contributed by atoms with van der Waals surface area (Å²) in [6, 6.07) is 2.38. The van der Waals surface area contributed by atoms with Crippen molar-refractivity contribution in [2.75, 3.05) is 19.5 Å². The topological polar surface area (TPSA) is 81.4 Å². The smallest absolute Gasteiger partial charge is 0.243 e. The van der Waals surface area contributed by atoms with Crippen molar-refractivity contribution in [3.8, 4) is 0 Å². The molecule has 1 atom stereocenters. The normalized spacial score (nSPS) is 13.4. The Morgan fingerprint density at radius 2 is 1.90 bits per heavy atom. The van der Waals surface area contributed by atoms with Crippen LogP contribution in [0.1, 0.15) is 19.8 Å². The van der Waals surface area contributed by atoms with Gasteiger partial charge in [0.05, 0.1) is 16.7 Å². The molecule has 0 fully saturated rings. The molecule has 3 N–H and O–H groups in total. The molecule has 0 saturated heterocycles. The number of anilines is 1. The second kappa shape index (κ2) is 7.47. The number of ether oxygens (including phenoxy) is 1. The van der Waals surface area contributed by atoms with E-state index in [0.29, 0.717) is 12.1 Å². The molecular formula is C12H18Cl2N2O3S. The second-order valence-electron chi connectivity index (χ2n) is 4.38. The Morgan fingerprint density at radius 1 is 1.35 bits per heavy atom. The van der Waals surface area contributed by atoms with Gasteiger partial charge in [0.2, 0.25) is 10.0 Å². The zero-order chi connectivity index (χ0) is 15.3. The molecule has 1 aromatic carbocycles. The molecule has 0 heterocycles. The van der Waals surface area contributed by atoms with Crippen LogP contribution in [0.15, 0.2) is 17.0 Å². The molecule has 20 heavy (non-hydrogen) atoms. The van der Waals surface area contributed by atoms with E-state index in [-0.39, 0.29) is 27.6 Å². The van der Waals surface area contributed by atoms with Gasteiger partial charge in [-0.25, -0.2) is 13.1 Å². The van der Waals surface area contributed by atoms with Gasteiger partial charge in [-0.2, -0.15) is 0 Å². The fraction of sp³-hybridized carbons (Fsp3) is 0.500. The highest BCUT2D eigenvalue weighted by molar-refractivity contribution is 7.89. The molecule has 1 unspecified atom stereocenters. The Balaban J connectivity index is 3.10. The summed E-state index contributed by atoms with van der Waals surface area (Å²) in [5, 5.41) is -0.00895. The zero-order valence-electron chi connectivity index (χ0n) is 11.3. The first kappa shape index (κ1) is 17.5. The van der Waals surface area contributed by atoms with Gasteiger partial charge in [0, 0.05) is 18.8 Å². The van der Waals surface area contributed by atoms with E-state index >= 15 is 0 Å². The Labute approximate surface area is 129 Å². The summed E-state index contributed by atoms with van der Waals surface area (Å²) in [6.07, 6.45) is 1.47. The lowest BCUT2D eigenvalue weighted by atomic mass is 10.2. The minimum absolute atomic E-state index is 0.00448. The molecule has 114 valence electrons. The van der Waals surface area contributed by atoms with Gasteiger partial charge in [-0.05, 0) is 18.6 Å². The number of rotatable bonds is 7. The molecule has 0 aliphatic rings. The van der Waals surface area contributed by atoms with Crippen molar-refractivity contribution in [3.63, 3.8) is 0 Å². The van der Waals surface area contributed by atoms with E-state index < -0.39 is 10.0 Å². The lowest BCUT2D eigenvalue weighted by Gasteiger charge is -2.18. The van der Waals surface area contributed by atoms with Crippen LogP contribution in [0.3, 0.4) is 0 Å². The average molecular weight is 341 g/mol. The molecule has 0 bridgehead atoms. The van der Waals surface area contributed by atoms with Crippen LogP contribution >= 0.6 is 23.2 Å². The number of benzene rings is 1. The molecule has 8 heteroatoms. The molecule has 0 aliphatic carbocycles. The predicted molar refractivity (Wildman–Crippen MR) is 81.8 cm³/mol. The zero-order valence-corrected chi connectivity index (χ0v) is 13.6. The number of hydrogen-bond acceptors (Lipinski definition) is 4. The number of nitrogens with two attached hydrogens (primary N) is 1. The van der Waals surface area contributed by atoms with Crippen LogP contribution in [0.25, 0.3) is 0 Å². The van der Waals surface area contributed by atoms with E-state index in [0.717, 1.165) is 6.42 Å². The maximum atomic E-state index is 12.4. The average Bonchev–Trinajstić information content (AvgIpc) is 2.26. The number of nitrogens with one attached hydrogen (secondary N) is 1. The van der Waals surface area contributed by atoms with Crippen molar-refractivity contribution in [2.24, 2.45) is 0 Å².